The summed E-state index contributed by atoms with van der Waals surface area (Å²) in [6.07, 6.45) is 0.240. The predicted molar refractivity (Wildman–Crippen MR) is 144 cm³/mol. The van der Waals surface area contributed by atoms with Crippen molar-refractivity contribution in [3.8, 4) is 0 Å². The first-order valence-electron chi connectivity index (χ1n) is 12.6. The zero-order valence-electron chi connectivity index (χ0n) is 21.9. The first-order valence-corrected chi connectivity index (χ1v) is 12.6. The molecule has 1 heterocycles. The van der Waals surface area contributed by atoms with Gasteiger partial charge in [-0.1, -0.05) is 70.2 Å². The Bertz CT molecular complexity index is 1410. The van der Waals surface area contributed by atoms with Crippen LogP contribution in [0.15, 0.2) is 64.2 Å². The van der Waals surface area contributed by atoms with Crippen LogP contribution < -0.4 is 21.9 Å². The van der Waals surface area contributed by atoms with Crippen molar-refractivity contribution in [1.82, 2.24) is 20.2 Å². The lowest BCUT2D eigenvalue weighted by molar-refractivity contribution is -0.143. The standard InChI is InChI=1S/C28H34N4O6/c1-16(2)14-21(27(36)37)29-25(34)23(17(3)4)31-24(33)22(15-18-10-6-5-7-11-18)32-26(35)19-12-8-9-13-20(19)30-28(32)38/h5-13,16-17,21-23H,14-15H2,1-4H3,(H,29,34)(H,30,38)(H,31,33)(H,36,37)/t21-,22+,23+/m1/s1. The Morgan fingerprint density at radius 1 is 0.895 bits per heavy atom. The van der Waals surface area contributed by atoms with Crippen molar-refractivity contribution in [2.24, 2.45) is 11.8 Å². The number of aromatic nitrogens is 2. The van der Waals surface area contributed by atoms with Gasteiger partial charge in [-0.2, -0.15) is 0 Å². The molecule has 0 aliphatic carbocycles. The SMILES string of the molecule is CC(C)C[C@@H](NC(=O)[C@@H](NC(=O)[C@H](Cc1ccccc1)n1c(=O)[nH]c2ccccc2c1=O)C(C)C)C(=O)O. The second-order valence-electron chi connectivity index (χ2n) is 10.1. The molecule has 4 N–H and O–H groups in total. The molecule has 10 heteroatoms. The highest BCUT2D eigenvalue weighted by molar-refractivity contribution is 5.91. The largest absolute Gasteiger partial charge is 0.480 e. The monoisotopic (exact) mass is 522 g/mol. The number of carboxylic acids is 1. The van der Waals surface area contributed by atoms with Crippen LogP contribution in [0.2, 0.25) is 0 Å². The molecule has 0 fully saturated rings. The number of carbonyl (C=O) groups excluding carboxylic acids is 2. The summed E-state index contributed by atoms with van der Waals surface area (Å²) in [5.41, 5.74) is -0.325. The first kappa shape index (κ1) is 28.4. The summed E-state index contributed by atoms with van der Waals surface area (Å²) in [4.78, 5) is 67.6. The van der Waals surface area contributed by atoms with Crippen molar-refractivity contribution in [2.75, 3.05) is 0 Å². The van der Waals surface area contributed by atoms with E-state index in [1.54, 1.807) is 62.4 Å². The topological polar surface area (TPSA) is 150 Å². The van der Waals surface area contributed by atoms with E-state index in [0.717, 1.165) is 4.57 Å². The van der Waals surface area contributed by atoms with Crippen LogP contribution in [-0.2, 0) is 20.8 Å². The van der Waals surface area contributed by atoms with Gasteiger partial charge in [0.2, 0.25) is 11.8 Å². The average molecular weight is 523 g/mol. The lowest BCUT2D eigenvalue weighted by Gasteiger charge is -2.27. The summed E-state index contributed by atoms with van der Waals surface area (Å²) in [7, 11) is 0. The molecule has 38 heavy (non-hydrogen) atoms. The van der Waals surface area contributed by atoms with E-state index in [4.69, 9.17) is 0 Å². The van der Waals surface area contributed by atoms with Gasteiger partial charge >= 0.3 is 11.7 Å². The molecular formula is C28H34N4O6. The maximum absolute atomic E-state index is 13.7. The van der Waals surface area contributed by atoms with Gasteiger partial charge in [0.1, 0.15) is 18.1 Å². The second-order valence-corrected chi connectivity index (χ2v) is 10.1. The van der Waals surface area contributed by atoms with E-state index >= 15 is 0 Å². The predicted octanol–water partition coefficient (Wildman–Crippen LogP) is 2.23. The summed E-state index contributed by atoms with van der Waals surface area (Å²) in [5.74, 6) is -2.92. The number of H-pyrrole nitrogens is 1. The van der Waals surface area contributed by atoms with Gasteiger partial charge in [-0.3, -0.25) is 14.4 Å². The van der Waals surface area contributed by atoms with Gasteiger partial charge in [0, 0.05) is 6.42 Å². The Morgan fingerprint density at radius 2 is 1.53 bits per heavy atom. The van der Waals surface area contributed by atoms with Crippen molar-refractivity contribution in [3.63, 3.8) is 0 Å². The molecule has 0 unspecified atom stereocenters. The number of carbonyl (C=O) groups is 3. The summed E-state index contributed by atoms with van der Waals surface area (Å²) in [5, 5.41) is 15.0. The Balaban J connectivity index is 1.99. The minimum absolute atomic E-state index is 0.0187. The molecule has 1 aromatic heterocycles. The highest BCUT2D eigenvalue weighted by Crippen LogP contribution is 2.15. The molecule has 0 radical (unpaired) electrons. The number of fused-ring (bicyclic) bond motifs is 1. The fourth-order valence-corrected chi connectivity index (χ4v) is 4.34. The lowest BCUT2D eigenvalue weighted by Crippen LogP contribution is -2.56. The molecule has 10 nitrogen and oxygen atoms in total. The number of para-hydroxylation sites is 1. The number of aromatic amines is 1. The smallest absolute Gasteiger partial charge is 0.329 e. The van der Waals surface area contributed by atoms with Gasteiger partial charge in [0.25, 0.3) is 5.56 Å². The van der Waals surface area contributed by atoms with Crippen molar-refractivity contribution >= 4 is 28.7 Å². The molecule has 2 aromatic carbocycles. The number of amides is 2. The molecule has 0 saturated heterocycles. The minimum atomic E-state index is -1.27. The molecular weight excluding hydrogens is 488 g/mol. The molecule has 3 atom stereocenters. The van der Waals surface area contributed by atoms with Crippen molar-refractivity contribution in [3.05, 3.63) is 81.0 Å². The molecule has 0 saturated carbocycles. The molecule has 0 aliphatic rings. The van der Waals surface area contributed by atoms with E-state index in [0.29, 0.717) is 11.1 Å². The highest BCUT2D eigenvalue weighted by Gasteiger charge is 2.33. The van der Waals surface area contributed by atoms with Gasteiger partial charge in [-0.25, -0.2) is 14.2 Å². The summed E-state index contributed by atoms with van der Waals surface area (Å²) < 4.78 is 0.874. The highest BCUT2D eigenvalue weighted by atomic mass is 16.4. The third kappa shape index (κ3) is 6.76. The van der Waals surface area contributed by atoms with E-state index in [1.807, 2.05) is 19.9 Å². The quantitative estimate of drug-likeness (QED) is 0.303. The lowest BCUT2D eigenvalue weighted by atomic mass is 9.99. The molecule has 0 aliphatic heterocycles. The maximum Gasteiger partial charge on any atom is 0.329 e. The zero-order chi connectivity index (χ0) is 28.0. The minimum Gasteiger partial charge on any atom is -0.480 e. The van der Waals surface area contributed by atoms with Gasteiger partial charge in [0.15, 0.2) is 0 Å². The van der Waals surface area contributed by atoms with Crippen molar-refractivity contribution in [1.29, 1.82) is 0 Å². The average Bonchev–Trinajstić information content (AvgIpc) is 2.86. The fourth-order valence-electron chi connectivity index (χ4n) is 4.34. The van der Waals surface area contributed by atoms with E-state index in [2.05, 4.69) is 15.6 Å². The number of nitrogens with zero attached hydrogens (tertiary/aromatic N) is 1. The summed E-state index contributed by atoms with van der Waals surface area (Å²) in [6.45, 7) is 7.11. The van der Waals surface area contributed by atoms with Crippen LogP contribution in [0.4, 0.5) is 0 Å². The van der Waals surface area contributed by atoms with Crippen LogP contribution in [0.1, 0.15) is 45.7 Å². The molecule has 202 valence electrons. The van der Waals surface area contributed by atoms with Crippen molar-refractivity contribution < 1.29 is 19.5 Å². The van der Waals surface area contributed by atoms with Crippen LogP contribution in [0, 0.1) is 11.8 Å². The molecule has 0 bridgehead atoms. The Morgan fingerprint density at radius 3 is 2.13 bits per heavy atom. The Hall–Kier alpha value is -4.21. The van der Waals surface area contributed by atoms with Crippen molar-refractivity contribution in [2.45, 2.75) is 58.7 Å². The van der Waals surface area contributed by atoms with E-state index < -0.39 is 53.1 Å². The fraction of sp³-hybridized carbons (Fsp3) is 0.393. The maximum atomic E-state index is 13.7. The molecule has 3 aromatic rings. The summed E-state index contributed by atoms with van der Waals surface area (Å²) >= 11 is 0. The van der Waals surface area contributed by atoms with Crippen LogP contribution in [-0.4, -0.2) is 44.5 Å². The third-order valence-corrected chi connectivity index (χ3v) is 6.29. The van der Waals surface area contributed by atoms with Gasteiger partial charge < -0.3 is 20.7 Å². The Labute approximate surface area is 220 Å². The second kappa shape index (κ2) is 12.4. The zero-order valence-corrected chi connectivity index (χ0v) is 21.9. The van der Waals surface area contributed by atoms with E-state index in [1.165, 1.54) is 0 Å². The van der Waals surface area contributed by atoms with Gasteiger partial charge in [0.05, 0.1) is 10.9 Å². The van der Waals surface area contributed by atoms with Gasteiger partial charge in [-0.05, 0) is 36.0 Å². The number of carboxylic acid groups (broad SMARTS) is 1. The number of hydrogen-bond donors (Lipinski definition) is 4. The van der Waals surface area contributed by atoms with Crippen LogP contribution in [0.25, 0.3) is 10.9 Å². The number of rotatable bonds is 11. The molecule has 0 spiro atoms. The number of benzene rings is 2. The number of aliphatic carboxylic acids is 1. The Kier molecular flexibility index (Phi) is 9.22. The molecule has 3 rings (SSSR count). The van der Waals surface area contributed by atoms with E-state index in [9.17, 15) is 29.1 Å². The summed E-state index contributed by atoms with van der Waals surface area (Å²) in [6, 6.07) is 12.0. The third-order valence-electron chi connectivity index (χ3n) is 6.29. The number of nitrogens with one attached hydrogen (secondary N) is 3. The first-order chi connectivity index (χ1) is 18.0. The van der Waals surface area contributed by atoms with Crippen LogP contribution in [0.3, 0.4) is 0 Å². The van der Waals surface area contributed by atoms with Crippen LogP contribution >= 0.6 is 0 Å². The van der Waals surface area contributed by atoms with Crippen LogP contribution in [0.5, 0.6) is 0 Å². The molecule has 2 amide bonds. The van der Waals surface area contributed by atoms with Gasteiger partial charge in [-0.15, -0.1) is 0 Å². The van der Waals surface area contributed by atoms with E-state index in [-0.39, 0.29) is 24.1 Å². The number of hydrogen-bond acceptors (Lipinski definition) is 5. The normalized spacial score (nSPS) is 13.7.